The highest BCUT2D eigenvalue weighted by atomic mass is 79.9. The van der Waals surface area contributed by atoms with E-state index in [1.54, 1.807) is 13.0 Å². The fourth-order valence-electron chi connectivity index (χ4n) is 1.11. The van der Waals surface area contributed by atoms with E-state index in [9.17, 15) is 14.9 Å². The number of nitrogens with two attached hydrogens (primary N) is 1. The largest absolute Gasteiger partial charge is 0.365 e. The molecule has 1 aromatic rings. The minimum atomic E-state index is -0.805. The number of carbonyl (C=O) groups is 1. The van der Waals surface area contributed by atoms with Crippen molar-refractivity contribution >= 4 is 27.5 Å². The van der Waals surface area contributed by atoms with Crippen LogP contribution in [0.15, 0.2) is 16.6 Å². The first kappa shape index (κ1) is 10.6. The molecular formula is C8H7BrN2O3. The maximum atomic E-state index is 10.9. The highest BCUT2D eigenvalue weighted by molar-refractivity contribution is 9.10. The van der Waals surface area contributed by atoms with Gasteiger partial charge in [-0.25, -0.2) is 0 Å². The predicted molar refractivity (Wildman–Crippen MR) is 54.1 cm³/mol. The summed E-state index contributed by atoms with van der Waals surface area (Å²) in [6, 6.07) is 2.95. The number of hydrogen-bond acceptors (Lipinski definition) is 3. The van der Waals surface area contributed by atoms with Crippen molar-refractivity contribution in [2.75, 3.05) is 0 Å². The first-order valence-electron chi connectivity index (χ1n) is 3.68. The van der Waals surface area contributed by atoms with Crippen molar-refractivity contribution in [3.05, 3.63) is 37.8 Å². The summed E-state index contributed by atoms with van der Waals surface area (Å²) >= 11 is 3.02. The van der Waals surface area contributed by atoms with E-state index in [2.05, 4.69) is 15.9 Å². The molecule has 0 atom stereocenters. The smallest absolute Gasteiger partial charge is 0.296 e. The Morgan fingerprint density at radius 3 is 2.57 bits per heavy atom. The molecule has 0 unspecified atom stereocenters. The van der Waals surface area contributed by atoms with Gasteiger partial charge < -0.3 is 5.73 Å². The monoisotopic (exact) mass is 258 g/mol. The molecule has 6 heteroatoms. The second-order valence-electron chi connectivity index (χ2n) is 2.76. The number of rotatable bonds is 2. The fourth-order valence-corrected chi connectivity index (χ4v) is 1.83. The second-order valence-corrected chi connectivity index (χ2v) is 3.62. The third kappa shape index (κ3) is 1.90. The Labute approximate surface area is 88.2 Å². The molecule has 1 amide bonds. The van der Waals surface area contributed by atoms with Gasteiger partial charge in [-0.05, 0) is 40.5 Å². The number of nitro benzene ring substituents is 1. The van der Waals surface area contributed by atoms with E-state index in [1.807, 2.05) is 0 Å². The van der Waals surface area contributed by atoms with Gasteiger partial charge in [-0.15, -0.1) is 0 Å². The number of benzene rings is 1. The van der Waals surface area contributed by atoms with Gasteiger partial charge in [0.25, 0.3) is 11.6 Å². The van der Waals surface area contributed by atoms with E-state index in [1.165, 1.54) is 6.07 Å². The molecule has 14 heavy (non-hydrogen) atoms. The molecule has 2 N–H and O–H groups in total. The van der Waals surface area contributed by atoms with Crippen molar-refractivity contribution < 1.29 is 9.72 Å². The Morgan fingerprint density at radius 2 is 2.14 bits per heavy atom. The van der Waals surface area contributed by atoms with Crippen molar-refractivity contribution in [2.24, 2.45) is 5.73 Å². The van der Waals surface area contributed by atoms with Crippen LogP contribution in [-0.2, 0) is 0 Å². The summed E-state index contributed by atoms with van der Waals surface area (Å²) in [7, 11) is 0. The fraction of sp³-hybridized carbons (Fsp3) is 0.125. The molecule has 0 radical (unpaired) electrons. The van der Waals surface area contributed by atoms with E-state index in [4.69, 9.17) is 5.73 Å². The van der Waals surface area contributed by atoms with Gasteiger partial charge in [0.2, 0.25) is 0 Å². The van der Waals surface area contributed by atoms with Gasteiger partial charge in [0.15, 0.2) is 0 Å². The van der Waals surface area contributed by atoms with Gasteiger partial charge in [-0.2, -0.15) is 0 Å². The maximum absolute atomic E-state index is 10.9. The molecule has 0 aliphatic rings. The predicted octanol–water partition coefficient (Wildman–Crippen LogP) is 1.76. The summed E-state index contributed by atoms with van der Waals surface area (Å²) in [5, 5.41) is 10.6. The van der Waals surface area contributed by atoms with Crippen LogP contribution in [0.1, 0.15) is 15.9 Å². The lowest BCUT2D eigenvalue weighted by Gasteiger charge is -2.02. The SMILES string of the molecule is Cc1cc(Br)c([N+](=O)[O-])c(C(N)=O)c1. The number of nitro groups is 1. The summed E-state index contributed by atoms with van der Waals surface area (Å²) < 4.78 is 0.260. The quantitative estimate of drug-likeness (QED) is 0.648. The van der Waals surface area contributed by atoms with Crippen LogP contribution in [0, 0.1) is 17.0 Å². The number of aryl methyl sites for hydroxylation is 1. The molecular weight excluding hydrogens is 252 g/mol. The Bertz CT molecular complexity index is 417. The lowest BCUT2D eigenvalue weighted by molar-refractivity contribution is -0.385. The Kier molecular flexibility index (Phi) is 2.85. The number of primary amides is 1. The molecule has 74 valence electrons. The number of nitrogens with zero attached hydrogens (tertiary/aromatic N) is 1. The van der Waals surface area contributed by atoms with Crippen molar-refractivity contribution in [1.29, 1.82) is 0 Å². The van der Waals surface area contributed by atoms with Crippen LogP contribution in [0.2, 0.25) is 0 Å². The molecule has 0 aromatic heterocycles. The van der Waals surface area contributed by atoms with Crippen molar-refractivity contribution in [2.45, 2.75) is 6.92 Å². The second kappa shape index (κ2) is 3.75. The zero-order chi connectivity index (χ0) is 10.9. The average molecular weight is 259 g/mol. The first-order chi connectivity index (χ1) is 6.43. The first-order valence-corrected chi connectivity index (χ1v) is 4.47. The Hall–Kier alpha value is -1.43. The Balaban J connectivity index is 3.52. The highest BCUT2D eigenvalue weighted by Gasteiger charge is 2.22. The van der Waals surface area contributed by atoms with Gasteiger partial charge >= 0.3 is 0 Å². The summed E-state index contributed by atoms with van der Waals surface area (Å²) in [6.45, 7) is 1.72. The van der Waals surface area contributed by atoms with Crippen LogP contribution >= 0.6 is 15.9 Å². The Morgan fingerprint density at radius 1 is 1.57 bits per heavy atom. The molecule has 1 aromatic carbocycles. The van der Waals surface area contributed by atoms with Crippen LogP contribution in [0.25, 0.3) is 0 Å². The molecule has 1 rings (SSSR count). The van der Waals surface area contributed by atoms with Gasteiger partial charge in [0, 0.05) is 0 Å². The van der Waals surface area contributed by atoms with Gasteiger partial charge in [0.05, 0.1) is 9.40 Å². The zero-order valence-electron chi connectivity index (χ0n) is 7.28. The van der Waals surface area contributed by atoms with Gasteiger partial charge in [0.1, 0.15) is 5.56 Å². The third-order valence-electron chi connectivity index (χ3n) is 1.66. The number of hydrogen-bond donors (Lipinski definition) is 1. The zero-order valence-corrected chi connectivity index (χ0v) is 8.87. The normalized spacial score (nSPS) is 9.86. The van der Waals surface area contributed by atoms with Crippen LogP contribution in [-0.4, -0.2) is 10.8 Å². The molecule has 0 heterocycles. The molecule has 5 nitrogen and oxygen atoms in total. The number of amides is 1. The number of carbonyl (C=O) groups excluding carboxylic acids is 1. The average Bonchev–Trinajstić information content (AvgIpc) is 2.01. The van der Waals surface area contributed by atoms with Crippen molar-refractivity contribution in [3.63, 3.8) is 0 Å². The highest BCUT2D eigenvalue weighted by Crippen LogP contribution is 2.29. The minimum absolute atomic E-state index is 0.0816. The van der Waals surface area contributed by atoms with Gasteiger partial charge in [-0.1, -0.05) is 0 Å². The minimum Gasteiger partial charge on any atom is -0.365 e. The van der Waals surface area contributed by atoms with E-state index in [0.717, 1.165) is 5.56 Å². The summed E-state index contributed by atoms with van der Waals surface area (Å²) in [5.41, 5.74) is 5.39. The third-order valence-corrected chi connectivity index (χ3v) is 2.26. The van der Waals surface area contributed by atoms with Crippen LogP contribution in [0.5, 0.6) is 0 Å². The van der Waals surface area contributed by atoms with Gasteiger partial charge in [-0.3, -0.25) is 14.9 Å². The van der Waals surface area contributed by atoms with Crippen LogP contribution in [0.4, 0.5) is 5.69 Å². The molecule has 0 spiro atoms. The maximum Gasteiger partial charge on any atom is 0.296 e. The molecule has 0 saturated heterocycles. The van der Waals surface area contributed by atoms with Crippen molar-refractivity contribution in [3.8, 4) is 0 Å². The van der Waals surface area contributed by atoms with E-state index in [-0.39, 0.29) is 15.7 Å². The van der Waals surface area contributed by atoms with Crippen LogP contribution in [0.3, 0.4) is 0 Å². The molecule has 0 bridgehead atoms. The van der Waals surface area contributed by atoms with E-state index >= 15 is 0 Å². The van der Waals surface area contributed by atoms with Crippen molar-refractivity contribution in [1.82, 2.24) is 0 Å². The molecule has 0 saturated carbocycles. The standard InChI is InChI=1S/C8H7BrN2O3/c1-4-2-5(8(10)12)7(11(13)14)6(9)3-4/h2-3H,1H3,(H2,10,12). The number of halogens is 1. The van der Waals surface area contributed by atoms with Crippen LogP contribution < -0.4 is 5.73 Å². The molecule has 0 aliphatic heterocycles. The van der Waals surface area contributed by atoms with E-state index in [0.29, 0.717) is 0 Å². The van der Waals surface area contributed by atoms with E-state index < -0.39 is 10.8 Å². The topological polar surface area (TPSA) is 86.2 Å². The summed E-state index contributed by atoms with van der Waals surface area (Å²) in [4.78, 5) is 20.9. The summed E-state index contributed by atoms with van der Waals surface area (Å²) in [6.07, 6.45) is 0. The summed E-state index contributed by atoms with van der Waals surface area (Å²) in [5.74, 6) is -0.805. The lowest BCUT2D eigenvalue weighted by atomic mass is 10.1. The molecule has 0 fully saturated rings. The lowest BCUT2D eigenvalue weighted by Crippen LogP contribution is -2.14. The molecule has 0 aliphatic carbocycles.